The van der Waals surface area contributed by atoms with E-state index in [9.17, 15) is 0 Å². The van der Waals surface area contributed by atoms with Crippen LogP contribution in [0.25, 0.3) is 71.7 Å². The first kappa shape index (κ1) is 32.4. The van der Waals surface area contributed by atoms with Gasteiger partial charge in [-0.1, -0.05) is 125 Å². The zero-order chi connectivity index (χ0) is 38.2. The summed E-state index contributed by atoms with van der Waals surface area (Å²) in [5, 5.41) is 4.67. The molecule has 12 rings (SSSR count). The maximum Gasteiger partial charge on any atom is 0.136 e. The van der Waals surface area contributed by atoms with E-state index in [0.29, 0.717) is 0 Å². The van der Waals surface area contributed by atoms with Gasteiger partial charge >= 0.3 is 0 Å². The van der Waals surface area contributed by atoms with E-state index < -0.39 is 0 Å². The Morgan fingerprint density at radius 2 is 0.912 bits per heavy atom. The largest absolute Gasteiger partial charge is 0.456 e. The first-order valence-corrected chi connectivity index (χ1v) is 20.0. The Balaban J connectivity index is 1.04. The highest BCUT2D eigenvalue weighted by atomic mass is 16.3. The average Bonchev–Trinajstić information content (AvgIpc) is 3.91. The third kappa shape index (κ3) is 4.43. The third-order valence-electron chi connectivity index (χ3n) is 13.2. The van der Waals surface area contributed by atoms with Crippen LogP contribution in [0.15, 0.2) is 174 Å². The summed E-state index contributed by atoms with van der Waals surface area (Å²) in [7, 11) is 0. The number of nitrogens with zero attached hydrogens (tertiary/aromatic N) is 2. The van der Waals surface area contributed by atoms with E-state index in [-0.39, 0.29) is 10.8 Å². The molecule has 0 saturated heterocycles. The van der Waals surface area contributed by atoms with Crippen molar-refractivity contribution in [3.63, 3.8) is 0 Å². The second-order valence-electron chi connectivity index (χ2n) is 17.0. The third-order valence-corrected chi connectivity index (χ3v) is 13.2. The van der Waals surface area contributed by atoms with E-state index in [1.807, 2.05) is 6.07 Å². The maximum absolute atomic E-state index is 6.35. The standard InChI is InChI=1S/C54H40N2O/c1-53(2)45-17-9-5-13-37(45)39-27-25-35(29-47(39)53)55(36-26-28-40-38-14-6-10-18-46(38)54(3,4)48(40)30-36)33-21-23-34(24-22-33)56-49-19-11-7-15-41(49)43-32-52-44(31-50(43)56)42-16-8-12-20-51(42)57-52/h5-32H,1-4H3. The van der Waals surface area contributed by atoms with Gasteiger partial charge in [-0.2, -0.15) is 0 Å². The van der Waals surface area contributed by atoms with Crippen molar-refractivity contribution in [3.8, 4) is 27.9 Å². The molecule has 2 aliphatic rings. The van der Waals surface area contributed by atoms with Crippen LogP contribution in [-0.2, 0) is 10.8 Å². The van der Waals surface area contributed by atoms with E-state index >= 15 is 0 Å². The Morgan fingerprint density at radius 1 is 0.386 bits per heavy atom. The fourth-order valence-electron chi connectivity index (χ4n) is 10.3. The van der Waals surface area contributed by atoms with Crippen LogP contribution < -0.4 is 4.90 Å². The highest BCUT2D eigenvalue weighted by Crippen LogP contribution is 2.53. The van der Waals surface area contributed by atoms with Crippen molar-refractivity contribution >= 4 is 60.8 Å². The molecule has 0 bridgehead atoms. The van der Waals surface area contributed by atoms with Crippen LogP contribution in [0.5, 0.6) is 0 Å². The van der Waals surface area contributed by atoms with Crippen molar-refractivity contribution in [2.75, 3.05) is 4.90 Å². The molecule has 57 heavy (non-hydrogen) atoms. The molecule has 0 fully saturated rings. The van der Waals surface area contributed by atoms with Crippen LogP contribution in [-0.4, -0.2) is 4.57 Å². The van der Waals surface area contributed by atoms with Crippen molar-refractivity contribution in [1.29, 1.82) is 0 Å². The van der Waals surface area contributed by atoms with Crippen molar-refractivity contribution in [3.05, 3.63) is 192 Å². The number of para-hydroxylation sites is 2. The van der Waals surface area contributed by atoms with E-state index in [1.54, 1.807) is 0 Å². The summed E-state index contributed by atoms with van der Waals surface area (Å²) >= 11 is 0. The van der Waals surface area contributed by atoms with Crippen molar-refractivity contribution in [2.45, 2.75) is 38.5 Å². The van der Waals surface area contributed by atoms with Gasteiger partial charge in [0.25, 0.3) is 0 Å². The number of fused-ring (bicyclic) bond motifs is 12. The van der Waals surface area contributed by atoms with Gasteiger partial charge in [0.2, 0.25) is 0 Å². The van der Waals surface area contributed by atoms with E-state index in [4.69, 9.17) is 4.42 Å². The minimum Gasteiger partial charge on any atom is -0.456 e. The summed E-state index contributed by atoms with van der Waals surface area (Å²) < 4.78 is 8.76. The SMILES string of the molecule is CC1(C)c2ccccc2-c2ccc(N(c3ccc(-n4c5ccccc5c5cc6oc7ccccc7c6cc54)cc3)c3ccc4c(c3)C(C)(C)c3ccccc3-4)cc21. The molecule has 0 unspecified atom stereocenters. The maximum atomic E-state index is 6.35. The Kier molecular flexibility index (Phi) is 6.46. The predicted octanol–water partition coefficient (Wildman–Crippen LogP) is 14.8. The zero-order valence-corrected chi connectivity index (χ0v) is 32.5. The molecule has 0 amide bonds. The predicted molar refractivity (Wildman–Crippen MR) is 238 cm³/mol. The number of anilines is 3. The van der Waals surface area contributed by atoms with Crippen molar-refractivity contribution < 1.29 is 4.42 Å². The lowest BCUT2D eigenvalue weighted by Crippen LogP contribution is -2.18. The van der Waals surface area contributed by atoms with E-state index in [0.717, 1.165) is 44.7 Å². The molecule has 2 aliphatic carbocycles. The fraction of sp³-hybridized carbons (Fsp3) is 0.111. The minimum absolute atomic E-state index is 0.110. The normalized spacial score (nSPS) is 14.6. The highest BCUT2D eigenvalue weighted by molar-refractivity contribution is 6.17. The monoisotopic (exact) mass is 732 g/mol. The van der Waals surface area contributed by atoms with Crippen molar-refractivity contribution in [2.24, 2.45) is 0 Å². The van der Waals surface area contributed by atoms with Gasteiger partial charge in [-0.15, -0.1) is 0 Å². The second kappa shape index (κ2) is 11.4. The Morgan fingerprint density at radius 3 is 1.56 bits per heavy atom. The van der Waals surface area contributed by atoms with Crippen LogP contribution >= 0.6 is 0 Å². The lowest BCUT2D eigenvalue weighted by Gasteiger charge is -2.30. The molecular weight excluding hydrogens is 693 g/mol. The molecule has 272 valence electrons. The molecule has 8 aromatic carbocycles. The first-order valence-electron chi connectivity index (χ1n) is 20.0. The number of benzene rings is 8. The number of hydrogen-bond acceptors (Lipinski definition) is 2. The summed E-state index contributed by atoms with van der Waals surface area (Å²) in [6.07, 6.45) is 0. The topological polar surface area (TPSA) is 21.3 Å². The number of furan rings is 1. The molecule has 0 saturated carbocycles. The lowest BCUT2D eigenvalue weighted by atomic mass is 9.82. The molecule has 0 aliphatic heterocycles. The molecule has 3 heteroatoms. The van der Waals surface area contributed by atoms with Gasteiger partial charge in [-0.25, -0.2) is 0 Å². The fourth-order valence-corrected chi connectivity index (χ4v) is 10.3. The molecule has 2 heterocycles. The summed E-state index contributed by atoms with van der Waals surface area (Å²) in [6.45, 7) is 9.45. The second-order valence-corrected chi connectivity index (χ2v) is 17.0. The molecule has 0 spiro atoms. The zero-order valence-electron chi connectivity index (χ0n) is 32.5. The molecule has 0 radical (unpaired) electrons. The summed E-state index contributed by atoms with van der Waals surface area (Å²) in [5.41, 5.74) is 19.3. The molecule has 10 aromatic rings. The van der Waals surface area contributed by atoms with Gasteiger partial charge in [-0.3, -0.25) is 0 Å². The van der Waals surface area contributed by atoms with Crippen molar-refractivity contribution in [1.82, 2.24) is 4.57 Å². The molecular formula is C54H40N2O. The summed E-state index contributed by atoms with van der Waals surface area (Å²) in [5.74, 6) is 0. The van der Waals surface area contributed by atoms with Crippen LogP contribution in [0.3, 0.4) is 0 Å². The summed E-state index contributed by atoms with van der Waals surface area (Å²) in [6, 6.07) is 62.7. The van der Waals surface area contributed by atoms with E-state index in [2.05, 4.69) is 201 Å². The van der Waals surface area contributed by atoms with Crippen LogP contribution in [0, 0.1) is 0 Å². The molecule has 2 aromatic heterocycles. The lowest BCUT2D eigenvalue weighted by molar-refractivity contribution is 0.660. The van der Waals surface area contributed by atoms with Crippen LogP contribution in [0.4, 0.5) is 17.1 Å². The molecule has 3 nitrogen and oxygen atoms in total. The van der Waals surface area contributed by atoms with E-state index in [1.165, 1.54) is 66.3 Å². The first-order chi connectivity index (χ1) is 27.8. The quantitative estimate of drug-likeness (QED) is 0.180. The van der Waals surface area contributed by atoms with Gasteiger partial charge in [0, 0.05) is 55.1 Å². The Bertz CT molecular complexity index is 3190. The number of hydrogen-bond donors (Lipinski definition) is 0. The number of aromatic nitrogens is 1. The molecule has 0 N–H and O–H groups in total. The van der Waals surface area contributed by atoms with Crippen LogP contribution in [0.1, 0.15) is 49.9 Å². The summed E-state index contributed by atoms with van der Waals surface area (Å²) in [4.78, 5) is 2.45. The number of rotatable bonds is 4. The highest BCUT2D eigenvalue weighted by Gasteiger charge is 2.37. The van der Waals surface area contributed by atoms with Crippen LogP contribution in [0.2, 0.25) is 0 Å². The minimum atomic E-state index is -0.110. The Hall–Kier alpha value is -6.84. The van der Waals surface area contributed by atoms with Gasteiger partial charge in [0.15, 0.2) is 0 Å². The van der Waals surface area contributed by atoms with Gasteiger partial charge < -0.3 is 13.9 Å². The average molecular weight is 733 g/mol. The van der Waals surface area contributed by atoms with Gasteiger partial charge in [-0.05, 0) is 117 Å². The van der Waals surface area contributed by atoms with Gasteiger partial charge in [0.1, 0.15) is 11.2 Å². The Labute approximate surface area is 332 Å². The smallest absolute Gasteiger partial charge is 0.136 e. The van der Waals surface area contributed by atoms with Gasteiger partial charge in [0.05, 0.1) is 11.0 Å². The molecule has 0 atom stereocenters.